The molecule has 1 aromatic carbocycles. The van der Waals surface area contributed by atoms with Crippen LogP contribution in [0.25, 0.3) is 10.9 Å². The lowest BCUT2D eigenvalue weighted by molar-refractivity contribution is -0.139. The maximum absolute atomic E-state index is 13.9. The second-order valence-corrected chi connectivity index (χ2v) is 8.81. The first kappa shape index (κ1) is 25.6. The Labute approximate surface area is 203 Å². The van der Waals surface area contributed by atoms with E-state index in [1.807, 2.05) is 54.3 Å². The summed E-state index contributed by atoms with van der Waals surface area (Å²) >= 11 is 0. The van der Waals surface area contributed by atoms with E-state index in [0.29, 0.717) is 42.7 Å². The van der Waals surface area contributed by atoms with Crippen LogP contribution in [0.1, 0.15) is 77.4 Å². The molecule has 0 fully saturated rings. The van der Waals surface area contributed by atoms with E-state index in [0.717, 1.165) is 31.4 Å². The number of rotatable bonds is 12. The fourth-order valence-electron chi connectivity index (χ4n) is 4.68. The van der Waals surface area contributed by atoms with Crippen LogP contribution in [-0.4, -0.2) is 31.9 Å². The normalized spacial score (nSPS) is 13.1. The third kappa shape index (κ3) is 5.72. The highest BCUT2D eigenvalue weighted by atomic mass is 16.2. The molecule has 2 aromatic heterocycles. The average Bonchev–Trinajstić information content (AvgIpc) is 2.87. The number of fused-ring (bicyclic) bond motifs is 1. The molecule has 0 aliphatic carbocycles. The average molecular weight is 463 g/mol. The molecule has 6 nitrogen and oxygen atoms in total. The lowest BCUT2D eigenvalue weighted by Crippen LogP contribution is -2.42. The number of carbonyl (C=O) groups excluding carboxylic acids is 1. The molecule has 2 heterocycles. The molecule has 0 spiro atoms. The summed E-state index contributed by atoms with van der Waals surface area (Å²) in [6, 6.07) is 13.1. The van der Waals surface area contributed by atoms with E-state index in [2.05, 4.69) is 25.8 Å². The van der Waals surface area contributed by atoms with E-state index in [-0.39, 0.29) is 23.4 Å². The maximum atomic E-state index is 13.9. The van der Waals surface area contributed by atoms with Gasteiger partial charge in [0.25, 0.3) is 5.56 Å². The molecule has 0 N–H and O–H groups in total. The Balaban J connectivity index is 2.06. The Kier molecular flexibility index (Phi) is 9.37. The Bertz CT molecular complexity index is 1130. The second-order valence-electron chi connectivity index (χ2n) is 8.81. The van der Waals surface area contributed by atoms with Crippen LogP contribution in [0.3, 0.4) is 0 Å². The van der Waals surface area contributed by atoms with Crippen LogP contribution in [0.5, 0.6) is 0 Å². The van der Waals surface area contributed by atoms with Gasteiger partial charge in [-0.1, -0.05) is 51.8 Å². The predicted molar refractivity (Wildman–Crippen MR) is 138 cm³/mol. The number of unbranched alkanes of at least 4 members (excludes halogenated alkanes) is 1. The Morgan fingerprint density at radius 3 is 2.44 bits per heavy atom. The SMILES string of the molecule is CCCCC(CC)C(=O)N(CCc1ccccn1)C(CC)c1nc2ccccc2c(=O)n1CC. The van der Waals surface area contributed by atoms with Gasteiger partial charge in [-0.15, -0.1) is 0 Å². The van der Waals surface area contributed by atoms with Gasteiger partial charge in [-0.05, 0) is 50.5 Å². The van der Waals surface area contributed by atoms with Gasteiger partial charge in [-0.25, -0.2) is 4.98 Å². The fraction of sp³-hybridized carbons (Fsp3) is 0.500. The van der Waals surface area contributed by atoms with Crippen LogP contribution < -0.4 is 5.56 Å². The summed E-state index contributed by atoms with van der Waals surface area (Å²) < 4.78 is 1.74. The minimum atomic E-state index is -0.274. The van der Waals surface area contributed by atoms with Crippen LogP contribution in [0.4, 0.5) is 0 Å². The molecule has 1 amide bonds. The number of hydrogen-bond acceptors (Lipinski definition) is 4. The van der Waals surface area contributed by atoms with Crippen LogP contribution in [0, 0.1) is 5.92 Å². The lowest BCUT2D eigenvalue weighted by atomic mass is 9.96. The largest absolute Gasteiger partial charge is 0.332 e. The maximum Gasteiger partial charge on any atom is 0.261 e. The van der Waals surface area contributed by atoms with Crippen molar-refractivity contribution in [3.63, 3.8) is 0 Å². The van der Waals surface area contributed by atoms with E-state index in [1.54, 1.807) is 10.8 Å². The van der Waals surface area contributed by atoms with Crippen molar-refractivity contribution in [2.45, 2.75) is 78.8 Å². The monoisotopic (exact) mass is 462 g/mol. The second kappa shape index (κ2) is 12.4. The van der Waals surface area contributed by atoms with Crippen molar-refractivity contribution < 1.29 is 4.79 Å². The Hall–Kier alpha value is -3.02. The number of nitrogens with zero attached hydrogens (tertiary/aromatic N) is 4. The molecule has 182 valence electrons. The summed E-state index contributed by atoms with van der Waals surface area (Å²) in [6.07, 6.45) is 6.92. The summed E-state index contributed by atoms with van der Waals surface area (Å²) in [6.45, 7) is 9.33. The van der Waals surface area contributed by atoms with Gasteiger partial charge in [0.05, 0.1) is 16.9 Å². The van der Waals surface area contributed by atoms with E-state index in [1.165, 1.54) is 0 Å². The van der Waals surface area contributed by atoms with Crippen LogP contribution in [0.15, 0.2) is 53.5 Å². The minimum Gasteiger partial charge on any atom is -0.332 e. The van der Waals surface area contributed by atoms with Crippen molar-refractivity contribution in [1.82, 2.24) is 19.4 Å². The van der Waals surface area contributed by atoms with E-state index < -0.39 is 0 Å². The number of para-hydroxylation sites is 1. The molecule has 0 aliphatic heterocycles. The van der Waals surface area contributed by atoms with Gasteiger partial charge in [-0.3, -0.25) is 19.1 Å². The van der Waals surface area contributed by atoms with E-state index in [4.69, 9.17) is 4.98 Å². The number of carbonyl (C=O) groups is 1. The van der Waals surface area contributed by atoms with Crippen molar-refractivity contribution in [2.75, 3.05) is 6.54 Å². The molecule has 34 heavy (non-hydrogen) atoms. The van der Waals surface area contributed by atoms with Crippen LogP contribution in [0.2, 0.25) is 0 Å². The molecule has 2 unspecified atom stereocenters. The molecular formula is C28H38N4O2. The summed E-state index contributed by atoms with van der Waals surface area (Å²) in [5.41, 5.74) is 1.59. The molecule has 0 aliphatic rings. The van der Waals surface area contributed by atoms with Gasteiger partial charge in [0.1, 0.15) is 5.82 Å². The topological polar surface area (TPSA) is 68.1 Å². The van der Waals surface area contributed by atoms with Gasteiger partial charge in [0.2, 0.25) is 5.91 Å². The number of aromatic nitrogens is 3. The first-order valence-electron chi connectivity index (χ1n) is 12.7. The zero-order valence-electron chi connectivity index (χ0n) is 21.0. The molecule has 0 bridgehead atoms. The summed E-state index contributed by atoms with van der Waals surface area (Å²) in [4.78, 5) is 38.6. The smallest absolute Gasteiger partial charge is 0.261 e. The molecule has 2 atom stereocenters. The molecule has 0 saturated heterocycles. The number of amides is 1. The predicted octanol–water partition coefficient (Wildman–Crippen LogP) is 5.55. The lowest BCUT2D eigenvalue weighted by Gasteiger charge is -2.34. The third-order valence-corrected chi connectivity index (χ3v) is 6.63. The zero-order chi connectivity index (χ0) is 24.5. The molecule has 6 heteroatoms. The van der Waals surface area contributed by atoms with E-state index in [9.17, 15) is 9.59 Å². The van der Waals surface area contributed by atoms with Gasteiger partial charge < -0.3 is 4.90 Å². The quantitative estimate of drug-likeness (QED) is 0.354. The number of pyridine rings is 1. The molecular weight excluding hydrogens is 424 g/mol. The summed E-state index contributed by atoms with van der Waals surface area (Å²) in [7, 11) is 0. The Morgan fingerprint density at radius 2 is 1.79 bits per heavy atom. The van der Waals surface area contributed by atoms with Crippen molar-refractivity contribution in [2.24, 2.45) is 5.92 Å². The van der Waals surface area contributed by atoms with Gasteiger partial charge in [0, 0.05) is 37.3 Å². The Morgan fingerprint density at radius 1 is 1.03 bits per heavy atom. The van der Waals surface area contributed by atoms with Crippen LogP contribution in [-0.2, 0) is 17.8 Å². The zero-order valence-corrected chi connectivity index (χ0v) is 21.0. The summed E-state index contributed by atoms with van der Waals surface area (Å²) in [5.74, 6) is 0.803. The number of hydrogen-bond donors (Lipinski definition) is 0. The highest BCUT2D eigenvalue weighted by molar-refractivity contribution is 5.80. The molecule has 0 saturated carbocycles. The standard InChI is InChI=1S/C28H38N4O2/c1-5-9-14-21(6-2)27(33)32(20-18-22-15-12-13-19-29-22)25(7-3)26-30-24-17-11-10-16-23(24)28(34)31(26)8-4/h10-13,15-17,19,21,25H,5-9,14,18,20H2,1-4H3. The first-order valence-corrected chi connectivity index (χ1v) is 12.7. The van der Waals surface area contributed by atoms with Crippen molar-refractivity contribution >= 4 is 16.8 Å². The third-order valence-electron chi connectivity index (χ3n) is 6.63. The first-order chi connectivity index (χ1) is 16.5. The fourth-order valence-corrected chi connectivity index (χ4v) is 4.68. The van der Waals surface area contributed by atoms with Crippen molar-refractivity contribution in [3.8, 4) is 0 Å². The van der Waals surface area contributed by atoms with Gasteiger partial charge in [-0.2, -0.15) is 0 Å². The molecule has 3 aromatic rings. The van der Waals surface area contributed by atoms with Crippen molar-refractivity contribution in [3.05, 3.63) is 70.5 Å². The number of benzene rings is 1. The van der Waals surface area contributed by atoms with Gasteiger partial charge in [0.15, 0.2) is 0 Å². The summed E-state index contributed by atoms with van der Waals surface area (Å²) in [5, 5.41) is 0.615. The van der Waals surface area contributed by atoms with Gasteiger partial charge >= 0.3 is 0 Å². The molecule has 0 radical (unpaired) electrons. The highest BCUT2D eigenvalue weighted by Gasteiger charge is 2.31. The van der Waals surface area contributed by atoms with Crippen molar-refractivity contribution in [1.29, 1.82) is 0 Å². The minimum absolute atomic E-state index is 0.0278. The molecule has 3 rings (SSSR count). The van der Waals surface area contributed by atoms with Crippen LogP contribution >= 0.6 is 0 Å². The van der Waals surface area contributed by atoms with E-state index >= 15 is 0 Å². The highest BCUT2D eigenvalue weighted by Crippen LogP contribution is 2.28.